The number of carbonyl (C=O) groups excluding carboxylic acids is 2. The van der Waals surface area contributed by atoms with Crippen molar-refractivity contribution in [3.63, 3.8) is 0 Å². The Balaban J connectivity index is 1.80. The molecule has 2 aromatic carbocycles. The highest BCUT2D eigenvalue weighted by atomic mass is 16.2. The van der Waals surface area contributed by atoms with Crippen molar-refractivity contribution >= 4 is 17.6 Å². The molecule has 0 spiro atoms. The van der Waals surface area contributed by atoms with E-state index in [9.17, 15) is 9.59 Å². The third-order valence-corrected chi connectivity index (χ3v) is 5.13. The minimum atomic E-state index is -0.171. The predicted octanol–water partition coefficient (Wildman–Crippen LogP) is 4.68. The third kappa shape index (κ3) is 4.71. The number of hydrogen-bond acceptors (Lipinski definition) is 2. The van der Waals surface area contributed by atoms with Crippen LogP contribution in [-0.4, -0.2) is 41.4 Å². The fraction of sp³-hybridized carbons (Fsp3) is 0.391. The van der Waals surface area contributed by atoms with Crippen LogP contribution in [0.1, 0.15) is 47.7 Å². The zero-order valence-electron chi connectivity index (χ0n) is 16.8. The number of benzene rings is 2. The van der Waals surface area contributed by atoms with Gasteiger partial charge in [0.05, 0.1) is 11.3 Å². The zero-order valence-corrected chi connectivity index (χ0v) is 16.8. The molecule has 3 amide bonds. The van der Waals surface area contributed by atoms with Gasteiger partial charge in [0.25, 0.3) is 5.91 Å². The van der Waals surface area contributed by atoms with Gasteiger partial charge in [0.2, 0.25) is 0 Å². The fourth-order valence-electron chi connectivity index (χ4n) is 3.61. The normalized spacial score (nSPS) is 13.4. The maximum absolute atomic E-state index is 13.0. The molecule has 2 aromatic rings. The van der Waals surface area contributed by atoms with Crippen molar-refractivity contribution < 1.29 is 9.59 Å². The average molecular weight is 380 g/mol. The molecule has 1 aliphatic rings. The lowest BCUT2D eigenvalue weighted by molar-refractivity contribution is 0.0793. The van der Waals surface area contributed by atoms with Crippen molar-refractivity contribution in [3.05, 3.63) is 65.2 Å². The van der Waals surface area contributed by atoms with Gasteiger partial charge < -0.3 is 15.1 Å². The number of carbonyl (C=O) groups is 2. The summed E-state index contributed by atoms with van der Waals surface area (Å²) in [7, 11) is 0. The Labute approximate surface area is 167 Å². The van der Waals surface area contributed by atoms with Gasteiger partial charge in [-0.3, -0.25) is 4.79 Å². The first-order valence-electron chi connectivity index (χ1n) is 10.1. The topological polar surface area (TPSA) is 52.7 Å². The molecule has 3 rings (SSSR count). The van der Waals surface area contributed by atoms with Crippen molar-refractivity contribution in [2.24, 2.45) is 0 Å². The molecule has 0 atom stereocenters. The molecule has 1 aliphatic heterocycles. The van der Waals surface area contributed by atoms with Gasteiger partial charge in [-0.15, -0.1) is 0 Å². The van der Waals surface area contributed by atoms with Crippen LogP contribution in [0.2, 0.25) is 0 Å². The highest BCUT2D eigenvalue weighted by Crippen LogP contribution is 2.24. The minimum absolute atomic E-state index is 0.00148. The van der Waals surface area contributed by atoms with Crippen LogP contribution < -0.4 is 5.32 Å². The Kier molecular flexibility index (Phi) is 6.69. The van der Waals surface area contributed by atoms with Gasteiger partial charge in [-0.2, -0.15) is 0 Å². The Hall–Kier alpha value is -2.82. The first kappa shape index (κ1) is 19.9. The van der Waals surface area contributed by atoms with Crippen LogP contribution in [0.15, 0.2) is 48.5 Å². The summed E-state index contributed by atoms with van der Waals surface area (Å²) >= 11 is 0. The van der Waals surface area contributed by atoms with E-state index in [1.807, 2.05) is 60.4 Å². The van der Waals surface area contributed by atoms with E-state index in [1.165, 1.54) is 0 Å². The molecule has 148 valence electrons. The van der Waals surface area contributed by atoms with E-state index in [4.69, 9.17) is 0 Å². The maximum atomic E-state index is 13.0. The number of urea groups is 1. The number of hydrogen-bond donors (Lipinski definition) is 1. The SMILES string of the molecule is CCCN(Cc1ccccc1)C(=O)Nc1c(C)cccc1C(=O)N1CCCC1. The number of aryl methyl sites for hydroxylation is 1. The van der Waals surface area contributed by atoms with E-state index in [1.54, 1.807) is 4.90 Å². The van der Waals surface area contributed by atoms with Gasteiger partial charge in [0.15, 0.2) is 0 Å². The molecule has 1 heterocycles. The average Bonchev–Trinajstić information content (AvgIpc) is 3.24. The molecule has 0 aliphatic carbocycles. The summed E-state index contributed by atoms with van der Waals surface area (Å²) < 4.78 is 0. The van der Waals surface area contributed by atoms with Crippen LogP contribution in [0.25, 0.3) is 0 Å². The molecule has 0 radical (unpaired) electrons. The number of likely N-dealkylation sites (tertiary alicyclic amines) is 1. The summed E-state index contributed by atoms with van der Waals surface area (Å²) in [6, 6.07) is 15.4. The third-order valence-electron chi connectivity index (χ3n) is 5.13. The van der Waals surface area contributed by atoms with Gasteiger partial charge >= 0.3 is 6.03 Å². The first-order valence-corrected chi connectivity index (χ1v) is 10.1. The Morgan fingerprint density at radius 2 is 1.75 bits per heavy atom. The van der Waals surface area contributed by atoms with Crippen LogP contribution >= 0.6 is 0 Å². The molecule has 5 nitrogen and oxygen atoms in total. The monoisotopic (exact) mass is 379 g/mol. The summed E-state index contributed by atoms with van der Waals surface area (Å²) in [4.78, 5) is 29.7. The smallest absolute Gasteiger partial charge is 0.322 e. The number of amides is 3. The Morgan fingerprint density at radius 3 is 2.43 bits per heavy atom. The van der Waals surface area contributed by atoms with Gasteiger partial charge in [-0.05, 0) is 43.4 Å². The minimum Gasteiger partial charge on any atom is -0.339 e. The molecular weight excluding hydrogens is 350 g/mol. The van der Waals surface area contributed by atoms with E-state index in [0.29, 0.717) is 24.3 Å². The second-order valence-corrected chi connectivity index (χ2v) is 7.33. The lowest BCUT2D eigenvalue weighted by atomic mass is 10.1. The maximum Gasteiger partial charge on any atom is 0.322 e. The largest absolute Gasteiger partial charge is 0.339 e. The summed E-state index contributed by atoms with van der Waals surface area (Å²) in [6.07, 6.45) is 2.95. The lowest BCUT2D eigenvalue weighted by Crippen LogP contribution is -2.36. The van der Waals surface area contributed by atoms with Crippen molar-refractivity contribution in [2.75, 3.05) is 25.0 Å². The Morgan fingerprint density at radius 1 is 1.04 bits per heavy atom. The van der Waals surface area contributed by atoms with Crippen molar-refractivity contribution in [3.8, 4) is 0 Å². The molecule has 0 saturated carbocycles. The molecule has 1 N–H and O–H groups in total. The van der Waals surface area contributed by atoms with E-state index in [0.717, 1.165) is 43.5 Å². The second-order valence-electron chi connectivity index (χ2n) is 7.33. The molecule has 1 fully saturated rings. The van der Waals surface area contributed by atoms with Crippen molar-refractivity contribution in [1.82, 2.24) is 9.80 Å². The summed E-state index contributed by atoms with van der Waals surface area (Å²) in [5, 5.41) is 3.03. The zero-order chi connectivity index (χ0) is 19.9. The predicted molar refractivity (Wildman–Crippen MR) is 112 cm³/mol. The number of anilines is 1. The molecular formula is C23H29N3O2. The van der Waals surface area contributed by atoms with Crippen LogP contribution in [0, 0.1) is 6.92 Å². The quantitative estimate of drug-likeness (QED) is 0.793. The van der Waals surface area contributed by atoms with Gasteiger partial charge in [-0.25, -0.2) is 4.79 Å². The highest BCUT2D eigenvalue weighted by Gasteiger charge is 2.24. The van der Waals surface area contributed by atoms with Crippen molar-refractivity contribution in [1.29, 1.82) is 0 Å². The molecule has 0 aromatic heterocycles. The number of nitrogens with one attached hydrogen (secondary N) is 1. The molecule has 1 saturated heterocycles. The fourth-order valence-corrected chi connectivity index (χ4v) is 3.61. The van der Waals surface area contributed by atoms with E-state index < -0.39 is 0 Å². The standard InChI is InChI=1S/C23H29N3O2/c1-3-14-26(17-19-11-5-4-6-12-19)23(28)24-21-18(2)10-9-13-20(21)22(27)25-15-7-8-16-25/h4-6,9-13H,3,7-8,14-17H2,1-2H3,(H,24,28). The van der Waals surface area contributed by atoms with Gasteiger partial charge in [-0.1, -0.05) is 49.4 Å². The molecule has 0 unspecified atom stereocenters. The van der Waals surface area contributed by atoms with Crippen LogP contribution in [0.5, 0.6) is 0 Å². The summed E-state index contributed by atoms with van der Waals surface area (Å²) in [6.45, 7) is 6.76. The summed E-state index contributed by atoms with van der Waals surface area (Å²) in [5.74, 6) is 0.00148. The van der Waals surface area contributed by atoms with Crippen LogP contribution in [-0.2, 0) is 6.54 Å². The Bertz CT molecular complexity index is 814. The van der Waals surface area contributed by atoms with Gasteiger partial charge in [0.1, 0.15) is 0 Å². The van der Waals surface area contributed by atoms with E-state index in [2.05, 4.69) is 12.2 Å². The lowest BCUT2D eigenvalue weighted by Gasteiger charge is -2.25. The second kappa shape index (κ2) is 9.40. The van der Waals surface area contributed by atoms with Gasteiger partial charge in [0, 0.05) is 26.2 Å². The number of rotatable bonds is 6. The molecule has 5 heteroatoms. The highest BCUT2D eigenvalue weighted by molar-refractivity contribution is 6.04. The van der Waals surface area contributed by atoms with E-state index in [-0.39, 0.29) is 11.9 Å². The summed E-state index contributed by atoms with van der Waals surface area (Å²) in [5.41, 5.74) is 3.18. The number of para-hydroxylation sites is 1. The van der Waals surface area contributed by atoms with Crippen molar-refractivity contribution in [2.45, 2.75) is 39.7 Å². The number of nitrogens with zero attached hydrogens (tertiary/aromatic N) is 2. The van der Waals surface area contributed by atoms with E-state index >= 15 is 0 Å². The van der Waals surface area contributed by atoms with Crippen LogP contribution in [0.3, 0.4) is 0 Å². The van der Waals surface area contributed by atoms with Crippen LogP contribution in [0.4, 0.5) is 10.5 Å². The first-order chi connectivity index (χ1) is 13.6. The molecule has 28 heavy (non-hydrogen) atoms. The molecule has 0 bridgehead atoms.